The van der Waals surface area contributed by atoms with E-state index in [4.69, 9.17) is 5.73 Å². The van der Waals surface area contributed by atoms with Crippen LogP contribution in [0.4, 0.5) is 0 Å². The maximum absolute atomic E-state index is 12.9. The Kier molecular flexibility index (Phi) is 6.74. The highest BCUT2D eigenvalue weighted by Gasteiger charge is 2.16. The fraction of sp³-hybridized carbons (Fsp3) is 0.273. The first-order chi connectivity index (χ1) is 13.2. The van der Waals surface area contributed by atoms with Gasteiger partial charge in [0.15, 0.2) is 0 Å². The molecule has 5 heteroatoms. The van der Waals surface area contributed by atoms with Crippen LogP contribution in [0.1, 0.15) is 23.2 Å². The van der Waals surface area contributed by atoms with Crippen LogP contribution >= 0.6 is 11.3 Å². The van der Waals surface area contributed by atoms with E-state index in [0.29, 0.717) is 26.1 Å². The summed E-state index contributed by atoms with van der Waals surface area (Å²) in [5.74, 6) is 0.0908. The maximum Gasteiger partial charge on any atom is 0.228 e. The van der Waals surface area contributed by atoms with Crippen molar-refractivity contribution in [2.24, 2.45) is 5.73 Å². The van der Waals surface area contributed by atoms with Gasteiger partial charge >= 0.3 is 0 Å². The zero-order valence-corrected chi connectivity index (χ0v) is 16.4. The first kappa shape index (κ1) is 19.3. The number of nitrogens with two attached hydrogens (primary N) is 1. The molecule has 1 amide bonds. The Morgan fingerprint density at radius 3 is 2.56 bits per heavy atom. The summed E-state index contributed by atoms with van der Waals surface area (Å²) in [6, 6.07) is 18.4. The number of hydrogen-bond donors (Lipinski definition) is 1. The molecule has 2 N–H and O–H groups in total. The Hall–Kier alpha value is -2.50. The van der Waals surface area contributed by atoms with E-state index in [2.05, 4.69) is 36.2 Å². The minimum atomic E-state index is 0.0908. The molecule has 0 bridgehead atoms. The normalized spacial score (nSPS) is 10.7. The first-order valence-electron chi connectivity index (χ1n) is 9.19. The van der Waals surface area contributed by atoms with Crippen LogP contribution in [0.2, 0.25) is 0 Å². The lowest BCUT2D eigenvalue weighted by Gasteiger charge is -2.22. The largest absolute Gasteiger partial charge is 0.338 e. The fourth-order valence-corrected chi connectivity index (χ4v) is 3.69. The second-order valence-electron chi connectivity index (χ2n) is 6.63. The van der Waals surface area contributed by atoms with E-state index in [1.165, 1.54) is 5.56 Å². The van der Waals surface area contributed by atoms with Crippen LogP contribution in [-0.2, 0) is 17.8 Å². The highest BCUT2D eigenvalue weighted by Crippen LogP contribution is 2.24. The fourth-order valence-electron chi connectivity index (χ4n) is 2.86. The van der Waals surface area contributed by atoms with E-state index < -0.39 is 0 Å². The van der Waals surface area contributed by atoms with E-state index in [9.17, 15) is 4.79 Å². The van der Waals surface area contributed by atoms with Crippen LogP contribution in [0.5, 0.6) is 0 Å². The zero-order valence-electron chi connectivity index (χ0n) is 15.6. The smallest absolute Gasteiger partial charge is 0.228 e. The third-order valence-corrected chi connectivity index (χ3v) is 5.32. The maximum atomic E-state index is 12.9. The molecule has 0 aliphatic carbocycles. The van der Waals surface area contributed by atoms with Gasteiger partial charge in [0.1, 0.15) is 5.01 Å². The summed E-state index contributed by atoms with van der Waals surface area (Å²) in [4.78, 5) is 19.4. The molecule has 0 aliphatic rings. The number of thiazole rings is 1. The molecule has 0 atom stereocenters. The summed E-state index contributed by atoms with van der Waals surface area (Å²) in [5, 5.41) is 2.94. The van der Waals surface area contributed by atoms with Crippen molar-refractivity contribution in [1.29, 1.82) is 0 Å². The summed E-state index contributed by atoms with van der Waals surface area (Å²) < 4.78 is 0. The number of aryl methyl sites for hydroxylation is 1. The minimum absolute atomic E-state index is 0.0908. The Labute approximate surface area is 164 Å². The molecule has 1 aromatic heterocycles. The van der Waals surface area contributed by atoms with Gasteiger partial charge in [-0.2, -0.15) is 0 Å². The number of carbonyl (C=O) groups excluding carboxylic acids is 1. The van der Waals surface area contributed by atoms with Crippen LogP contribution in [0.3, 0.4) is 0 Å². The average molecular weight is 380 g/mol. The van der Waals surface area contributed by atoms with Crippen LogP contribution < -0.4 is 5.73 Å². The van der Waals surface area contributed by atoms with Gasteiger partial charge in [0, 0.05) is 24.0 Å². The van der Waals surface area contributed by atoms with Crippen LogP contribution in [0, 0.1) is 6.92 Å². The molecule has 0 fully saturated rings. The lowest BCUT2D eigenvalue weighted by atomic mass is 10.1. The van der Waals surface area contributed by atoms with Crippen molar-refractivity contribution < 1.29 is 4.79 Å². The summed E-state index contributed by atoms with van der Waals surface area (Å²) in [7, 11) is 0. The molecule has 0 radical (unpaired) electrons. The summed E-state index contributed by atoms with van der Waals surface area (Å²) in [5.41, 5.74) is 9.92. The van der Waals surface area contributed by atoms with Crippen molar-refractivity contribution in [3.05, 3.63) is 76.8 Å². The number of carbonyl (C=O) groups is 1. The molecule has 140 valence electrons. The molecule has 4 nitrogen and oxygen atoms in total. The second kappa shape index (κ2) is 9.44. The third kappa shape index (κ3) is 5.49. The molecule has 0 spiro atoms. The number of benzene rings is 2. The molecule has 3 aromatic rings. The standard InChI is InChI=1S/C22H25N3OS/c1-17-8-10-19(11-9-17)22-24-20(16-27-22)14-21(26)25(13-5-12-23)15-18-6-3-2-4-7-18/h2-4,6-11,16H,5,12-15,23H2,1H3. The van der Waals surface area contributed by atoms with Gasteiger partial charge in [0.2, 0.25) is 5.91 Å². The van der Waals surface area contributed by atoms with Crippen molar-refractivity contribution in [2.45, 2.75) is 26.3 Å². The predicted octanol–water partition coefficient (Wildman–Crippen LogP) is 4.04. The molecule has 0 aliphatic heterocycles. The topological polar surface area (TPSA) is 59.2 Å². The number of nitrogens with zero attached hydrogens (tertiary/aromatic N) is 2. The molecular weight excluding hydrogens is 354 g/mol. The Bertz CT molecular complexity index is 859. The van der Waals surface area contributed by atoms with Gasteiger partial charge < -0.3 is 10.6 Å². The van der Waals surface area contributed by atoms with E-state index >= 15 is 0 Å². The van der Waals surface area contributed by atoms with Gasteiger partial charge in [0.25, 0.3) is 0 Å². The van der Waals surface area contributed by atoms with Gasteiger partial charge in [-0.05, 0) is 25.5 Å². The van der Waals surface area contributed by atoms with Crippen molar-refractivity contribution >= 4 is 17.2 Å². The van der Waals surface area contributed by atoms with E-state index in [1.807, 2.05) is 40.6 Å². The highest BCUT2D eigenvalue weighted by molar-refractivity contribution is 7.13. The third-order valence-electron chi connectivity index (χ3n) is 4.38. The molecule has 2 aromatic carbocycles. The molecule has 3 rings (SSSR count). The Morgan fingerprint density at radius 1 is 1.11 bits per heavy atom. The molecular formula is C22H25N3OS. The molecule has 0 saturated carbocycles. The van der Waals surface area contributed by atoms with Crippen molar-refractivity contribution in [3.63, 3.8) is 0 Å². The van der Waals surface area contributed by atoms with Crippen molar-refractivity contribution in [3.8, 4) is 10.6 Å². The van der Waals surface area contributed by atoms with Gasteiger partial charge in [-0.15, -0.1) is 11.3 Å². The quantitative estimate of drug-likeness (QED) is 0.643. The van der Waals surface area contributed by atoms with E-state index in [1.54, 1.807) is 11.3 Å². The minimum Gasteiger partial charge on any atom is -0.338 e. The van der Waals surface area contributed by atoms with Gasteiger partial charge in [-0.25, -0.2) is 4.98 Å². The molecule has 0 unspecified atom stereocenters. The number of amides is 1. The van der Waals surface area contributed by atoms with Crippen LogP contribution in [0.25, 0.3) is 10.6 Å². The van der Waals surface area contributed by atoms with Gasteiger partial charge in [0.05, 0.1) is 12.1 Å². The van der Waals surface area contributed by atoms with Crippen molar-refractivity contribution in [2.75, 3.05) is 13.1 Å². The summed E-state index contributed by atoms with van der Waals surface area (Å²) in [6.07, 6.45) is 1.12. The first-order valence-corrected chi connectivity index (χ1v) is 10.1. The Morgan fingerprint density at radius 2 is 1.85 bits per heavy atom. The molecule has 0 saturated heterocycles. The monoisotopic (exact) mass is 379 g/mol. The molecule has 1 heterocycles. The average Bonchev–Trinajstić information content (AvgIpc) is 3.15. The van der Waals surface area contributed by atoms with Crippen LogP contribution in [-0.4, -0.2) is 28.9 Å². The predicted molar refractivity (Wildman–Crippen MR) is 112 cm³/mol. The zero-order chi connectivity index (χ0) is 19.1. The van der Waals surface area contributed by atoms with Crippen LogP contribution in [0.15, 0.2) is 60.0 Å². The molecule has 27 heavy (non-hydrogen) atoms. The number of hydrogen-bond acceptors (Lipinski definition) is 4. The van der Waals surface area contributed by atoms with Gasteiger partial charge in [-0.3, -0.25) is 4.79 Å². The van der Waals surface area contributed by atoms with Crippen molar-refractivity contribution in [1.82, 2.24) is 9.88 Å². The Balaban J connectivity index is 1.68. The number of rotatable bonds is 8. The van der Waals surface area contributed by atoms with Gasteiger partial charge in [-0.1, -0.05) is 60.2 Å². The lowest BCUT2D eigenvalue weighted by Crippen LogP contribution is -2.33. The second-order valence-corrected chi connectivity index (χ2v) is 7.49. The highest BCUT2D eigenvalue weighted by atomic mass is 32.1. The van der Waals surface area contributed by atoms with E-state index in [-0.39, 0.29) is 5.91 Å². The lowest BCUT2D eigenvalue weighted by molar-refractivity contribution is -0.131. The SMILES string of the molecule is Cc1ccc(-c2nc(CC(=O)N(CCCN)Cc3ccccc3)cs2)cc1. The van der Waals surface area contributed by atoms with E-state index in [0.717, 1.165) is 28.2 Å². The summed E-state index contributed by atoms with van der Waals surface area (Å²) >= 11 is 1.58. The number of aromatic nitrogens is 1. The summed E-state index contributed by atoms with van der Waals surface area (Å²) in [6.45, 7) is 3.92.